The summed E-state index contributed by atoms with van der Waals surface area (Å²) >= 11 is 0. The second-order valence-corrected chi connectivity index (χ2v) is 9.26. The SMILES string of the molecule is COc1ccc2cc(C#CC3=CC45CC(CCCCN4)[C@@]4(C5)OC(=O)C=C34)ccc2c1. The van der Waals surface area contributed by atoms with Gasteiger partial charge in [-0.05, 0) is 66.9 Å². The molecule has 0 radical (unpaired) electrons. The first-order chi connectivity index (χ1) is 15.1. The van der Waals surface area contributed by atoms with Gasteiger partial charge in [0.1, 0.15) is 11.4 Å². The monoisotopic (exact) mass is 411 g/mol. The summed E-state index contributed by atoms with van der Waals surface area (Å²) in [4.78, 5) is 12.4. The van der Waals surface area contributed by atoms with Crippen LogP contribution >= 0.6 is 0 Å². The summed E-state index contributed by atoms with van der Waals surface area (Å²) in [7, 11) is 1.68. The molecule has 156 valence electrons. The first-order valence-corrected chi connectivity index (χ1v) is 11.1. The lowest BCUT2D eigenvalue weighted by Gasteiger charge is -2.37. The van der Waals surface area contributed by atoms with Gasteiger partial charge in [0, 0.05) is 40.7 Å². The minimum atomic E-state index is -0.493. The van der Waals surface area contributed by atoms with E-state index in [2.05, 4.69) is 41.4 Å². The molecule has 2 unspecified atom stereocenters. The van der Waals surface area contributed by atoms with Gasteiger partial charge in [-0.2, -0.15) is 0 Å². The molecule has 2 fully saturated rings. The number of benzene rings is 2. The first-order valence-electron chi connectivity index (χ1n) is 11.1. The fourth-order valence-electron chi connectivity index (χ4n) is 6.04. The quantitative estimate of drug-likeness (QED) is 0.562. The van der Waals surface area contributed by atoms with Crippen LogP contribution in [0.5, 0.6) is 5.75 Å². The van der Waals surface area contributed by atoms with Crippen LogP contribution in [-0.4, -0.2) is 30.8 Å². The summed E-state index contributed by atoms with van der Waals surface area (Å²) in [6.07, 6.45) is 9.26. The molecular weight excluding hydrogens is 386 g/mol. The highest BCUT2D eigenvalue weighted by molar-refractivity contribution is 5.90. The lowest BCUT2D eigenvalue weighted by atomic mass is 9.75. The molecule has 2 aliphatic carbocycles. The fourth-order valence-corrected chi connectivity index (χ4v) is 6.04. The van der Waals surface area contributed by atoms with Crippen molar-refractivity contribution in [2.24, 2.45) is 5.92 Å². The Morgan fingerprint density at radius 1 is 1.13 bits per heavy atom. The predicted octanol–water partition coefficient (Wildman–Crippen LogP) is 4.28. The largest absolute Gasteiger partial charge is 0.497 e. The van der Waals surface area contributed by atoms with Crippen LogP contribution in [0.15, 0.2) is 59.7 Å². The van der Waals surface area contributed by atoms with Crippen molar-refractivity contribution in [1.29, 1.82) is 0 Å². The van der Waals surface area contributed by atoms with E-state index in [4.69, 9.17) is 9.47 Å². The second-order valence-electron chi connectivity index (χ2n) is 9.26. The van der Waals surface area contributed by atoms with Crippen LogP contribution in [0.2, 0.25) is 0 Å². The number of fused-ring (bicyclic) bond motifs is 2. The molecule has 4 nitrogen and oxygen atoms in total. The number of esters is 1. The van der Waals surface area contributed by atoms with Crippen molar-refractivity contribution in [3.63, 3.8) is 0 Å². The Kier molecular flexibility index (Phi) is 4.07. The maximum absolute atomic E-state index is 12.4. The number of hydrogen-bond acceptors (Lipinski definition) is 4. The van der Waals surface area contributed by atoms with Crippen LogP contribution in [0.25, 0.3) is 10.8 Å². The Labute approximate surface area is 182 Å². The van der Waals surface area contributed by atoms with E-state index in [1.54, 1.807) is 13.2 Å². The Morgan fingerprint density at radius 2 is 2.00 bits per heavy atom. The number of hydrogen-bond donors (Lipinski definition) is 1. The van der Waals surface area contributed by atoms with Gasteiger partial charge in [-0.1, -0.05) is 30.4 Å². The average Bonchev–Trinajstić information content (AvgIpc) is 3.25. The maximum Gasteiger partial charge on any atom is 0.332 e. The highest BCUT2D eigenvalue weighted by atomic mass is 16.6. The van der Waals surface area contributed by atoms with Crippen LogP contribution in [0.4, 0.5) is 0 Å². The van der Waals surface area contributed by atoms with Gasteiger partial charge in [0.25, 0.3) is 0 Å². The summed E-state index contributed by atoms with van der Waals surface area (Å²) < 4.78 is 11.4. The molecule has 3 bridgehead atoms. The van der Waals surface area contributed by atoms with Gasteiger partial charge in [0.05, 0.1) is 7.11 Å². The molecule has 1 saturated heterocycles. The van der Waals surface area contributed by atoms with Gasteiger partial charge < -0.3 is 14.8 Å². The van der Waals surface area contributed by atoms with E-state index in [9.17, 15) is 4.79 Å². The van der Waals surface area contributed by atoms with Crippen molar-refractivity contribution in [2.75, 3.05) is 13.7 Å². The zero-order valence-corrected chi connectivity index (χ0v) is 17.7. The molecule has 1 saturated carbocycles. The molecule has 4 aliphatic rings. The Hall–Kier alpha value is -3.03. The van der Waals surface area contributed by atoms with Crippen molar-refractivity contribution < 1.29 is 14.3 Å². The summed E-state index contributed by atoms with van der Waals surface area (Å²) in [6, 6.07) is 12.3. The van der Waals surface area contributed by atoms with E-state index in [1.165, 1.54) is 6.42 Å². The molecule has 6 rings (SSSR count). The normalized spacial score (nSPS) is 30.9. The molecule has 2 heterocycles. The van der Waals surface area contributed by atoms with Gasteiger partial charge in [-0.25, -0.2) is 4.79 Å². The Balaban J connectivity index is 1.41. The summed E-state index contributed by atoms with van der Waals surface area (Å²) in [5.74, 6) is 7.75. The van der Waals surface area contributed by atoms with E-state index in [0.717, 1.165) is 65.5 Å². The molecule has 2 aromatic carbocycles. The van der Waals surface area contributed by atoms with Crippen LogP contribution in [0, 0.1) is 17.8 Å². The number of methoxy groups -OCH3 is 1. The van der Waals surface area contributed by atoms with Crippen molar-refractivity contribution >= 4 is 16.7 Å². The van der Waals surface area contributed by atoms with Crippen molar-refractivity contribution in [3.05, 3.63) is 65.3 Å². The van der Waals surface area contributed by atoms with E-state index in [-0.39, 0.29) is 11.5 Å². The lowest BCUT2D eigenvalue weighted by Crippen LogP contribution is -2.47. The first kappa shape index (κ1) is 18.7. The fraction of sp³-hybridized carbons (Fsp3) is 0.370. The molecule has 3 atom stereocenters. The standard InChI is InChI=1S/C27H25NO3/c1-30-23-10-9-19-12-18(5-7-20(19)13-23)6-8-21-15-26-16-22(4-2-3-11-28-26)27(17-26)24(21)14-25(29)31-27/h5,7,9-10,12-15,22,28H,2-4,11,16-17H2,1H3/t22?,26?,27-/m1/s1. The predicted molar refractivity (Wildman–Crippen MR) is 120 cm³/mol. The van der Waals surface area contributed by atoms with E-state index in [1.807, 2.05) is 18.2 Å². The number of carbonyl (C=O) groups excluding carboxylic acids is 1. The number of ether oxygens (including phenoxy) is 2. The van der Waals surface area contributed by atoms with Crippen molar-refractivity contribution in [1.82, 2.24) is 5.32 Å². The molecular formula is C27H25NO3. The van der Waals surface area contributed by atoms with Crippen molar-refractivity contribution in [3.8, 4) is 17.6 Å². The zero-order valence-electron chi connectivity index (χ0n) is 17.7. The molecule has 0 aromatic heterocycles. The Bertz CT molecular complexity index is 1230. The minimum absolute atomic E-state index is 0.114. The third-order valence-electron chi connectivity index (χ3n) is 7.41. The molecule has 2 aromatic rings. The zero-order chi connectivity index (χ0) is 21.1. The summed E-state index contributed by atoms with van der Waals surface area (Å²) in [5.41, 5.74) is 2.30. The molecule has 4 heteroatoms. The molecule has 2 spiro atoms. The molecule has 2 aliphatic heterocycles. The highest BCUT2D eigenvalue weighted by Gasteiger charge is 2.63. The van der Waals surface area contributed by atoms with Crippen LogP contribution in [-0.2, 0) is 9.53 Å². The van der Waals surface area contributed by atoms with Crippen molar-refractivity contribution in [2.45, 2.75) is 43.2 Å². The Morgan fingerprint density at radius 3 is 2.90 bits per heavy atom. The average molecular weight is 412 g/mol. The summed E-state index contributed by atoms with van der Waals surface area (Å²) in [6.45, 7) is 1.00. The van der Waals surface area contributed by atoms with E-state index >= 15 is 0 Å². The number of nitrogens with one attached hydrogen (secondary N) is 1. The number of rotatable bonds is 1. The van der Waals surface area contributed by atoms with Crippen LogP contribution in [0.1, 0.15) is 37.7 Å². The third kappa shape index (κ3) is 2.91. The second kappa shape index (κ2) is 6.73. The van der Waals surface area contributed by atoms with Crippen LogP contribution < -0.4 is 10.1 Å². The van der Waals surface area contributed by atoms with E-state index < -0.39 is 5.60 Å². The molecule has 31 heavy (non-hydrogen) atoms. The third-order valence-corrected chi connectivity index (χ3v) is 7.41. The van der Waals surface area contributed by atoms with Gasteiger partial charge in [0.2, 0.25) is 0 Å². The lowest BCUT2D eigenvalue weighted by molar-refractivity contribution is -0.149. The summed E-state index contributed by atoms with van der Waals surface area (Å²) in [5, 5.41) is 6.02. The topological polar surface area (TPSA) is 47.6 Å². The van der Waals surface area contributed by atoms with Crippen LogP contribution in [0.3, 0.4) is 0 Å². The van der Waals surface area contributed by atoms with Gasteiger partial charge in [-0.3, -0.25) is 0 Å². The van der Waals surface area contributed by atoms with Gasteiger partial charge in [-0.15, -0.1) is 0 Å². The maximum atomic E-state index is 12.4. The minimum Gasteiger partial charge on any atom is -0.497 e. The molecule has 1 N–H and O–H groups in total. The van der Waals surface area contributed by atoms with Gasteiger partial charge >= 0.3 is 5.97 Å². The smallest absolute Gasteiger partial charge is 0.332 e. The van der Waals surface area contributed by atoms with E-state index in [0.29, 0.717) is 5.92 Å². The highest BCUT2D eigenvalue weighted by Crippen LogP contribution is 2.58. The molecule has 0 amide bonds. The number of carbonyl (C=O) groups is 1. The van der Waals surface area contributed by atoms with Gasteiger partial charge in [0.15, 0.2) is 0 Å².